The maximum atomic E-state index is 12.4. The predicted octanol–water partition coefficient (Wildman–Crippen LogP) is 2.45. The molecule has 0 spiro atoms. The van der Waals surface area contributed by atoms with Crippen LogP contribution in [-0.2, 0) is 14.3 Å². The van der Waals surface area contributed by atoms with E-state index in [9.17, 15) is 4.79 Å². The molecular weight excluding hydrogens is 254 g/mol. The van der Waals surface area contributed by atoms with E-state index in [1.54, 1.807) is 14.2 Å². The molecule has 0 saturated heterocycles. The molecule has 1 fully saturated rings. The van der Waals surface area contributed by atoms with Crippen molar-refractivity contribution in [3.05, 3.63) is 35.9 Å². The van der Waals surface area contributed by atoms with Gasteiger partial charge in [-0.2, -0.15) is 0 Å². The highest BCUT2D eigenvalue weighted by Crippen LogP contribution is 2.23. The van der Waals surface area contributed by atoms with Crippen molar-refractivity contribution < 1.29 is 14.3 Å². The van der Waals surface area contributed by atoms with Gasteiger partial charge in [-0.15, -0.1) is 0 Å². The molecule has 0 aliphatic heterocycles. The maximum Gasteiger partial charge on any atom is 0.254 e. The second-order valence-electron chi connectivity index (χ2n) is 5.20. The number of amides is 1. The van der Waals surface area contributed by atoms with Gasteiger partial charge in [-0.05, 0) is 18.4 Å². The highest BCUT2D eigenvalue weighted by atomic mass is 16.5. The largest absolute Gasteiger partial charge is 0.379 e. The van der Waals surface area contributed by atoms with Gasteiger partial charge in [-0.25, -0.2) is 0 Å². The number of carbonyl (C=O) groups is 1. The van der Waals surface area contributed by atoms with E-state index >= 15 is 0 Å². The fraction of sp³-hybridized carbons (Fsp3) is 0.562. The van der Waals surface area contributed by atoms with Crippen LogP contribution in [0.15, 0.2) is 30.3 Å². The number of nitrogens with one attached hydrogen (secondary N) is 1. The SMILES string of the molecule is CO[C@H](C(=O)N[C@@H]1CCCC[C@H]1OC)c1ccccc1. The lowest BCUT2D eigenvalue weighted by atomic mass is 9.92. The van der Waals surface area contributed by atoms with Crippen LogP contribution in [0, 0.1) is 0 Å². The Kier molecular flexibility index (Phi) is 5.56. The van der Waals surface area contributed by atoms with Crippen molar-refractivity contribution in [3.63, 3.8) is 0 Å². The molecule has 110 valence electrons. The summed E-state index contributed by atoms with van der Waals surface area (Å²) in [6.07, 6.45) is 3.82. The van der Waals surface area contributed by atoms with Gasteiger partial charge in [0.25, 0.3) is 5.91 Å². The molecule has 2 rings (SSSR count). The van der Waals surface area contributed by atoms with Gasteiger partial charge in [0.1, 0.15) is 0 Å². The molecule has 1 aliphatic carbocycles. The molecule has 20 heavy (non-hydrogen) atoms. The van der Waals surface area contributed by atoms with E-state index in [-0.39, 0.29) is 18.1 Å². The number of hydrogen-bond donors (Lipinski definition) is 1. The molecule has 1 amide bonds. The summed E-state index contributed by atoms with van der Waals surface area (Å²) in [6.45, 7) is 0. The topological polar surface area (TPSA) is 47.6 Å². The third-order valence-corrected chi connectivity index (χ3v) is 3.91. The van der Waals surface area contributed by atoms with Crippen LogP contribution < -0.4 is 5.32 Å². The van der Waals surface area contributed by atoms with Crippen LogP contribution in [0.3, 0.4) is 0 Å². The molecule has 1 aromatic rings. The fourth-order valence-electron chi connectivity index (χ4n) is 2.82. The van der Waals surface area contributed by atoms with E-state index < -0.39 is 6.10 Å². The molecule has 1 aromatic carbocycles. The van der Waals surface area contributed by atoms with Crippen molar-refractivity contribution in [2.24, 2.45) is 0 Å². The van der Waals surface area contributed by atoms with Crippen molar-refractivity contribution in [1.29, 1.82) is 0 Å². The maximum absolute atomic E-state index is 12.4. The van der Waals surface area contributed by atoms with Gasteiger partial charge < -0.3 is 14.8 Å². The molecule has 0 radical (unpaired) electrons. The van der Waals surface area contributed by atoms with Crippen molar-refractivity contribution in [2.75, 3.05) is 14.2 Å². The Hall–Kier alpha value is -1.39. The van der Waals surface area contributed by atoms with Crippen molar-refractivity contribution >= 4 is 5.91 Å². The zero-order chi connectivity index (χ0) is 14.4. The minimum Gasteiger partial charge on any atom is -0.379 e. The van der Waals surface area contributed by atoms with Crippen molar-refractivity contribution in [2.45, 2.75) is 43.9 Å². The third-order valence-electron chi connectivity index (χ3n) is 3.91. The summed E-state index contributed by atoms with van der Waals surface area (Å²) in [6, 6.07) is 9.64. The number of ether oxygens (including phenoxy) is 2. The lowest BCUT2D eigenvalue weighted by molar-refractivity contribution is -0.133. The number of methoxy groups -OCH3 is 2. The minimum atomic E-state index is -0.560. The Labute approximate surface area is 120 Å². The van der Waals surface area contributed by atoms with E-state index in [2.05, 4.69) is 5.32 Å². The van der Waals surface area contributed by atoms with E-state index in [0.717, 1.165) is 31.2 Å². The van der Waals surface area contributed by atoms with Crippen LogP contribution in [0.5, 0.6) is 0 Å². The van der Waals surface area contributed by atoms with Crippen LogP contribution in [0.2, 0.25) is 0 Å². The van der Waals surface area contributed by atoms with Gasteiger partial charge in [0.05, 0.1) is 12.1 Å². The second kappa shape index (κ2) is 7.41. The average Bonchev–Trinajstić information content (AvgIpc) is 2.49. The van der Waals surface area contributed by atoms with Crippen LogP contribution in [0.1, 0.15) is 37.4 Å². The molecule has 0 bridgehead atoms. The fourth-order valence-corrected chi connectivity index (χ4v) is 2.82. The van der Waals surface area contributed by atoms with Gasteiger partial charge in [0, 0.05) is 14.2 Å². The van der Waals surface area contributed by atoms with E-state index in [1.807, 2.05) is 30.3 Å². The Bertz CT molecular complexity index is 421. The second-order valence-corrected chi connectivity index (χ2v) is 5.20. The van der Waals surface area contributed by atoms with Gasteiger partial charge in [-0.3, -0.25) is 4.79 Å². The van der Waals surface area contributed by atoms with Crippen LogP contribution >= 0.6 is 0 Å². The lowest BCUT2D eigenvalue weighted by Gasteiger charge is -2.32. The molecular formula is C16H23NO3. The van der Waals surface area contributed by atoms with Crippen molar-refractivity contribution in [3.8, 4) is 0 Å². The number of carbonyl (C=O) groups excluding carboxylic acids is 1. The zero-order valence-corrected chi connectivity index (χ0v) is 12.2. The first-order chi connectivity index (χ1) is 9.76. The molecule has 0 aromatic heterocycles. The predicted molar refractivity (Wildman–Crippen MR) is 77.4 cm³/mol. The molecule has 1 saturated carbocycles. The summed E-state index contributed by atoms with van der Waals surface area (Å²) in [5, 5.41) is 3.08. The van der Waals surface area contributed by atoms with Gasteiger partial charge in [0.2, 0.25) is 0 Å². The number of benzene rings is 1. The summed E-state index contributed by atoms with van der Waals surface area (Å²) in [4.78, 5) is 12.4. The normalized spacial score (nSPS) is 24.1. The Morgan fingerprint density at radius 2 is 1.90 bits per heavy atom. The number of hydrogen-bond acceptors (Lipinski definition) is 3. The average molecular weight is 277 g/mol. The monoisotopic (exact) mass is 277 g/mol. The number of rotatable bonds is 5. The summed E-state index contributed by atoms with van der Waals surface area (Å²) in [5.74, 6) is -0.0901. The highest BCUT2D eigenvalue weighted by Gasteiger charge is 2.29. The molecule has 0 heterocycles. The van der Waals surface area contributed by atoms with E-state index in [4.69, 9.17) is 9.47 Å². The molecule has 1 N–H and O–H groups in total. The van der Waals surface area contributed by atoms with Gasteiger partial charge in [0.15, 0.2) is 6.10 Å². The Morgan fingerprint density at radius 3 is 2.55 bits per heavy atom. The molecule has 4 heteroatoms. The first kappa shape index (κ1) is 15.0. The standard InChI is InChI=1S/C16H23NO3/c1-19-14-11-7-6-10-13(14)17-16(18)15(20-2)12-8-4-3-5-9-12/h3-5,8-9,13-15H,6-7,10-11H2,1-2H3,(H,17,18)/t13-,14-,15+/m1/s1. The van der Waals surface area contributed by atoms with Crippen LogP contribution in [0.25, 0.3) is 0 Å². The van der Waals surface area contributed by atoms with Gasteiger partial charge in [-0.1, -0.05) is 43.2 Å². The summed E-state index contributed by atoms with van der Waals surface area (Å²) >= 11 is 0. The first-order valence-electron chi connectivity index (χ1n) is 7.17. The van der Waals surface area contributed by atoms with E-state index in [1.165, 1.54) is 0 Å². The van der Waals surface area contributed by atoms with Crippen LogP contribution in [-0.4, -0.2) is 32.3 Å². The summed E-state index contributed by atoms with van der Waals surface area (Å²) in [7, 11) is 3.27. The quantitative estimate of drug-likeness (QED) is 0.899. The smallest absolute Gasteiger partial charge is 0.254 e. The molecule has 3 atom stereocenters. The highest BCUT2D eigenvalue weighted by molar-refractivity contribution is 5.82. The van der Waals surface area contributed by atoms with Crippen LogP contribution in [0.4, 0.5) is 0 Å². The molecule has 0 unspecified atom stereocenters. The zero-order valence-electron chi connectivity index (χ0n) is 12.2. The Balaban J connectivity index is 2.02. The van der Waals surface area contributed by atoms with E-state index in [0.29, 0.717) is 0 Å². The first-order valence-corrected chi connectivity index (χ1v) is 7.17. The molecule has 1 aliphatic rings. The molecule has 4 nitrogen and oxygen atoms in total. The van der Waals surface area contributed by atoms with Gasteiger partial charge >= 0.3 is 0 Å². The third kappa shape index (κ3) is 3.58. The van der Waals surface area contributed by atoms with Crippen molar-refractivity contribution in [1.82, 2.24) is 5.32 Å². The minimum absolute atomic E-state index is 0.0858. The summed E-state index contributed by atoms with van der Waals surface area (Å²) in [5.41, 5.74) is 0.872. The lowest BCUT2D eigenvalue weighted by Crippen LogP contribution is -2.47. The Morgan fingerprint density at radius 1 is 1.20 bits per heavy atom. The summed E-state index contributed by atoms with van der Waals surface area (Å²) < 4.78 is 10.8.